The molecule has 0 aliphatic carbocycles. The third-order valence-electron chi connectivity index (χ3n) is 6.70. The van der Waals surface area contributed by atoms with Crippen molar-refractivity contribution < 1.29 is 0 Å². The van der Waals surface area contributed by atoms with Crippen LogP contribution in [0.5, 0.6) is 0 Å². The van der Waals surface area contributed by atoms with E-state index in [1.54, 1.807) is 0 Å². The molecule has 0 radical (unpaired) electrons. The summed E-state index contributed by atoms with van der Waals surface area (Å²) in [4.78, 5) is 2.48. The number of nitrogens with one attached hydrogen (secondary N) is 1. The fourth-order valence-corrected chi connectivity index (χ4v) is 4.81. The second-order valence-corrected chi connectivity index (χ2v) is 10.1. The van der Waals surface area contributed by atoms with E-state index in [0.29, 0.717) is 0 Å². The van der Waals surface area contributed by atoms with Crippen LogP contribution < -0.4 is 10.3 Å². The molecular formula is C31H33N3. The van der Waals surface area contributed by atoms with Crippen molar-refractivity contribution in [3.63, 3.8) is 0 Å². The van der Waals surface area contributed by atoms with E-state index in [4.69, 9.17) is 0 Å². The largest absolute Gasteiger partial charge is 0.330 e. The highest BCUT2D eigenvalue weighted by Gasteiger charge is 2.39. The van der Waals surface area contributed by atoms with Gasteiger partial charge in [-0.05, 0) is 45.4 Å². The Hall–Kier alpha value is -3.40. The molecule has 4 aromatic carbocycles. The fraction of sp³-hybridized carbons (Fsp3) is 0.226. The number of hydrazine groups is 1. The van der Waals surface area contributed by atoms with Crippen molar-refractivity contribution >= 4 is 5.69 Å². The summed E-state index contributed by atoms with van der Waals surface area (Å²) in [5.74, 6) is 0. The molecule has 34 heavy (non-hydrogen) atoms. The molecule has 1 N–H and O–H groups in total. The average molecular weight is 448 g/mol. The average Bonchev–Trinajstić information content (AvgIpc) is 3.22. The zero-order valence-electron chi connectivity index (χ0n) is 20.4. The molecule has 0 aromatic heterocycles. The van der Waals surface area contributed by atoms with Gasteiger partial charge in [-0.3, -0.25) is 0 Å². The lowest BCUT2D eigenvalue weighted by Gasteiger charge is -2.32. The molecule has 0 bridgehead atoms. The second kappa shape index (κ2) is 9.09. The maximum Gasteiger partial charge on any atom is 0.122 e. The van der Waals surface area contributed by atoms with E-state index in [-0.39, 0.29) is 17.7 Å². The van der Waals surface area contributed by atoms with Gasteiger partial charge in [0.1, 0.15) is 12.3 Å². The van der Waals surface area contributed by atoms with Gasteiger partial charge in [0.25, 0.3) is 0 Å². The summed E-state index contributed by atoms with van der Waals surface area (Å²) in [6.07, 6.45) is 0.111. The van der Waals surface area contributed by atoms with E-state index in [1.807, 2.05) is 0 Å². The van der Waals surface area contributed by atoms with Crippen molar-refractivity contribution in [2.45, 2.75) is 38.5 Å². The summed E-state index contributed by atoms with van der Waals surface area (Å²) in [5.41, 5.74) is 11.4. The Morgan fingerprint density at radius 1 is 0.618 bits per heavy atom. The van der Waals surface area contributed by atoms with E-state index in [1.165, 1.54) is 33.5 Å². The van der Waals surface area contributed by atoms with Crippen molar-refractivity contribution in [3.8, 4) is 11.1 Å². The van der Waals surface area contributed by atoms with Crippen molar-refractivity contribution in [1.29, 1.82) is 0 Å². The first-order valence-corrected chi connectivity index (χ1v) is 12.0. The molecule has 0 spiro atoms. The normalized spacial score (nSPS) is 18.9. The van der Waals surface area contributed by atoms with Crippen molar-refractivity contribution in [3.05, 3.63) is 126 Å². The first-order chi connectivity index (χ1) is 16.4. The van der Waals surface area contributed by atoms with E-state index in [2.05, 4.69) is 152 Å². The van der Waals surface area contributed by atoms with Gasteiger partial charge in [-0.15, -0.1) is 0 Å². The van der Waals surface area contributed by atoms with Crippen molar-refractivity contribution in [2.24, 2.45) is 0 Å². The third kappa shape index (κ3) is 4.37. The quantitative estimate of drug-likeness (QED) is 0.354. The highest BCUT2D eigenvalue weighted by Crippen LogP contribution is 2.41. The van der Waals surface area contributed by atoms with E-state index >= 15 is 0 Å². The van der Waals surface area contributed by atoms with Crippen molar-refractivity contribution in [2.75, 3.05) is 11.9 Å². The van der Waals surface area contributed by atoms with Gasteiger partial charge in [-0.1, -0.05) is 118 Å². The van der Waals surface area contributed by atoms with Crippen LogP contribution in [-0.4, -0.2) is 12.1 Å². The number of nitrogens with zero attached hydrogens (tertiary/aromatic N) is 2. The van der Waals surface area contributed by atoms with E-state index in [0.717, 1.165) is 0 Å². The van der Waals surface area contributed by atoms with Crippen LogP contribution in [0, 0.1) is 0 Å². The van der Waals surface area contributed by atoms with Gasteiger partial charge < -0.3 is 4.90 Å². The number of rotatable bonds is 4. The van der Waals surface area contributed by atoms with Gasteiger partial charge in [0.15, 0.2) is 0 Å². The van der Waals surface area contributed by atoms with E-state index < -0.39 is 0 Å². The second-order valence-electron chi connectivity index (χ2n) is 10.1. The molecule has 4 aromatic rings. The lowest BCUT2D eigenvalue weighted by molar-refractivity contribution is 0.230. The molecule has 0 amide bonds. The standard InChI is InChI=1S/C31H33N3/c1-31(2,3)27-21-19-26(20-22-27)30-33(4)32-29(34(30)28-13-9-6-10-14-28)25-17-15-24(16-18-25)23-11-7-5-8-12-23/h5-22,29-30,32H,1-4H3. The summed E-state index contributed by atoms with van der Waals surface area (Å²) in [6.45, 7) is 6.78. The molecule has 0 saturated carbocycles. The molecule has 1 aliphatic heterocycles. The smallest absolute Gasteiger partial charge is 0.122 e. The summed E-state index contributed by atoms with van der Waals surface area (Å²) in [6, 6.07) is 39.3. The van der Waals surface area contributed by atoms with Crippen LogP contribution in [0.3, 0.4) is 0 Å². The summed E-state index contributed by atoms with van der Waals surface area (Å²) in [7, 11) is 2.14. The van der Waals surface area contributed by atoms with Crippen molar-refractivity contribution in [1.82, 2.24) is 10.4 Å². The number of para-hydroxylation sites is 1. The number of hydrogen-bond donors (Lipinski definition) is 1. The number of benzene rings is 4. The van der Waals surface area contributed by atoms with E-state index in [9.17, 15) is 0 Å². The molecular weight excluding hydrogens is 414 g/mol. The van der Waals surface area contributed by atoms with Gasteiger partial charge in [-0.25, -0.2) is 10.4 Å². The Morgan fingerprint density at radius 2 is 1.15 bits per heavy atom. The molecule has 1 aliphatic rings. The minimum atomic E-state index is 0.0320. The summed E-state index contributed by atoms with van der Waals surface area (Å²) < 4.78 is 0. The third-order valence-corrected chi connectivity index (χ3v) is 6.70. The van der Waals surface area contributed by atoms with Gasteiger partial charge in [0.2, 0.25) is 0 Å². The molecule has 1 saturated heterocycles. The highest BCUT2D eigenvalue weighted by molar-refractivity contribution is 5.64. The molecule has 3 heteroatoms. The van der Waals surface area contributed by atoms with Crippen LogP contribution in [0.4, 0.5) is 5.69 Å². The Kier molecular flexibility index (Phi) is 5.99. The van der Waals surface area contributed by atoms with Crippen LogP contribution in [0.1, 0.15) is 49.8 Å². The fourth-order valence-electron chi connectivity index (χ4n) is 4.81. The number of hydrogen-bond acceptors (Lipinski definition) is 3. The number of anilines is 1. The zero-order valence-corrected chi connectivity index (χ0v) is 20.4. The van der Waals surface area contributed by atoms with Crippen LogP contribution >= 0.6 is 0 Å². The Morgan fingerprint density at radius 3 is 1.74 bits per heavy atom. The zero-order chi connectivity index (χ0) is 23.7. The highest BCUT2D eigenvalue weighted by atomic mass is 15.7. The Bertz CT molecular complexity index is 1210. The van der Waals surface area contributed by atoms with Crippen LogP contribution in [0.15, 0.2) is 109 Å². The minimum absolute atomic E-state index is 0.0320. The Balaban J connectivity index is 1.52. The molecule has 5 rings (SSSR count). The predicted octanol–water partition coefficient (Wildman–Crippen LogP) is 7.31. The molecule has 172 valence electrons. The summed E-state index contributed by atoms with van der Waals surface area (Å²) in [5, 5.41) is 2.23. The van der Waals surface area contributed by atoms with Crippen LogP contribution in [0.2, 0.25) is 0 Å². The molecule has 2 atom stereocenters. The monoisotopic (exact) mass is 447 g/mol. The van der Waals surface area contributed by atoms with Gasteiger partial charge in [0, 0.05) is 12.7 Å². The minimum Gasteiger partial charge on any atom is -0.330 e. The maximum atomic E-state index is 3.73. The molecule has 2 unspecified atom stereocenters. The van der Waals surface area contributed by atoms with Gasteiger partial charge in [0.05, 0.1) is 0 Å². The maximum absolute atomic E-state index is 3.73. The predicted molar refractivity (Wildman–Crippen MR) is 142 cm³/mol. The molecule has 1 fully saturated rings. The first-order valence-electron chi connectivity index (χ1n) is 12.0. The Labute approximate surface area is 203 Å². The lowest BCUT2D eigenvalue weighted by atomic mass is 9.86. The SMILES string of the molecule is CN1NC(c2ccc(-c3ccccc3)cc2)N(c2ccccc2)C1c1ccc(C(C)(C)C)cc1. The van der Waals surface area contributed by atoms with Gasteiger partial charge in [-0.2, -0.15) is 0 Å². The lowest BCUT2D eigenvalue weighted by Crippen LogP contribution is -2.30. The molecule has 3 nitrogen and oxygen atoms in total. The topological polar surface area (TPSA) is 18.5 Å². The molecule has 1 heterocycles. The van der Waals surface area contributed by atoms with Crippen LogP contribution in [0.25, 0.3) is 11.1 Å². The first kappa shape index (κ1) is 22.4. The summed E-state index contributed by atoms with van der Waals surface area (Å²) >= 11 is 0. The van der Waals surface area contributed by atoms with Gasteiger partial charge >= 0.3 is 0 Å². The van der Waals surface area contributed by atoms with Crippen LogP contribution in [-0.2, 0) is 5.41 Å².